The van der Waals surface area contributed by atoms with Crippen LogP contribution in [0.3, 0.4) is 0 Å². The zero-order valence-corrected chi connectivity index (χ0v) is 12.6. The zero-order valence-electron chi connectivity index (χ0n) is 12.6. The van der Waals surface area contributed by atoms with Crippen LogP contribution in [0.25, 0.3) is 0 Å². The number of benzene rings is 1. The van der Waals surface area contributed by atoms with E-state index in [1.165, 1.54) is 0 Å². The van der Waals surface area contributed by atoms with Gasteiger partial charge in [-0.2, -0.15) is 0 Å². The molecule has 106 valence electrons. The van der Waals surface area contributed by atoms with Gasteiger partial charge in [0.2, 0.25) is 0 Å². The molecule has 0 fully saturated rings. The molecule has 4 heteroatoms. The summed E-state index contributed by atoms with van der Waals surface area (Å²) in [6.07, 6.45) is 1.01. The molecule has 0 unspecified atom stereocenters. The van der Waals surface area contributed by atoms with Crippen molar-refractivity contribution in [1.82, 2.24) is 4.90 Å². The van der Waals surface area contributed by atoms with Gasteiger partial charge in [-0.1, -0.05) is 13.8 Å². The highest BCUT2D eigenvalue weighted by molar-refractivity contribution is 5.96. The molecule has 0 saturated carbocycles. The molecule has 0 heterocycles. The first kappa shape index (κ1) is 15.3. The Balaban J connectivity index is 2.80. The van der Waals surface area contributed by atoms with E-state index in [0.717, 1.165) is 18.7 Å². The Hall–Kier alpha value is -1.71. The normalized spacial score (nSPS) is 10.6. The lowest BCUT2D eigenvalue weighted by Gasteiger charge is -2.20. The van der Waals surface area contributed by atoms with Gasteiger partial charge in [0, 0.05) is 33.3 Å². The van der Waals surface area contributed by atoms with E-state index >= 15 is 0 Å². The second-order valence-electron chi connectivity index (χ2n) is 5.58. The van der Waals surface area contributed by atoms with Crippen molar-refractivity contribution >= 4 is 17.3 Å². The van der Waals surface area contributed by atoms with Crippen LogP contribution >= 0.6 is 0 Å². The number of rotatable bonds is 5. The molecule has 0 aliphatic carbocycles. The quantitative estimate of drug-likeness (QED) is 0.830. The molecule has 1 aromatic carbocycles. The van der Waals surface area contributed by atoms with E-state index in [-0.39, 0.29) is 5.91 Å². The van der Waals surface area contributed by atoms with E-state index in [9.17, 15) is 4.79 Å². The van der Waals surface area contributed by atoms with Gasteiger partial charge in [0.1, 0.15) is 0 Å². The molecule has 4 nitrogen and oxygen atoms in total. The summed E-state index contributed by atoms with van der Waals surface area (Å²) in [4.78, 5) is 15.9. The monoisotopic (exact) mass is 263 g/mol. The molecule has 0 spiro atoms. The molecular formula is C15H25N3O. The van der Waals surface area contributed by atoms with E-state index < -0.39 is 0 Å². The number of carbonyl (C=O) groups excluding carboxylic acids is 1. The number of hydrogen-bond donors (Lipinski definition) is 1. The Kier molecular flexibility index (Phi) is 5.21. The Bertz CT molecular complexity index is 441. The number of amides is 1. The van der Waals surface area contributed by atoms with E-state index in [4.69, 9.17) is 5.73 Å². The summed E-state index contributed by atoms with van der Waals surface area (Å²) < 4.78 is 0. The number of nitrogen functional groups attached to an aromatic ring is 1. The molecule has 0 aliphatic heterocycles. The smallest absolute Gasteiger partial charge is 0.253 e. The largest absolute Gasteiger partial charge is 0.397 e. The maximum atomic E-state index is 12.2. The van der Waals surface area contributed by atoms with Gasteiger partial charge in [-0.05, 0) is 30.5 Å². The van der Waals surface area contributed by atoms with Gasteiger partial charge in [-0.25, -0.2) is 0 Å². The third-order valence-corrected chi connectivity index (χ3v) is 3.14. The summed E-state index contributed by atoms with van der Waals surface area (Å²) in [6, 6.07) is 5.47. The van der Waals surface area contributed by atoms with Crippen LogP contribution in [0, 0.1) is 5.92 Å². The number of nitrogens with two attached hydrogens (primary N) is 1. The van der Waals surface area contributed by atoms with Gasteiger partial charge >= 0.3 is 0 Å². The topological polar surface area (TPSA) is 49.6 Å². The minimum atomic E-state index is 0.0256. The first-order chi connectivity index (χ1) is 8.82. The van der Waals surface area contributed by atoms with Crippen molar-refractivity contribution in [2.24, 2.45) is 5.92 Å². The van der Waals surface area contributed by atoms with E-state index in [2.05, 4.69) is 13.8 Å². The minimum Gasteiger partial charge on any atom is -0.397 e. The summed E-state index contributed by atoms with van der Waals surface area (Å²) >= 11 is 0. The highest BCUT2D eigenvalue weighted by Gasteiger charge is 2.13. The maximum Gasteiger partial charge on any atom is 0.253 e. The fourth-order valence-electron chi connectivity index (χ4n) is 1.87. The van der Waals surface area contributed by atoms with Crippen LogP contribution in [0.15, 0.2) is 18.2 Å². The fourth-order valence-corrected chi connectivity index (χ4v) is 1.87. The Morgan fingerprint density at radius 1 is 1.26 bits per heavy atom. The van der Waals surface area contributed by atoms with Crippen molar-refractivity contribution in [2.45, 2.75) is 20.3 Å². The van der Waals surface area contributed by atoms with Crippen molar-refractivity contribution in [3.63, 3.8) is 0 Å². The van der Waals surface area contributed by atoms with Crippen LogP contribution in [-0.2, 0) is 0 Å². The number of carbonyl (C=O) groups is 1. The third-order valence-electron chi connectivity index (χ3n) is 3.14. The molecule has 2 N–H and O–H groups in total. The van der Waals surface area contributed by atoms with E-state index in [1.807, 2.05) is 38.2 Å². The van der Waals surface area contributed by atoms with Gasteiger partial charge < -0.3 is 15.5 Å². The summed E-state index contributed by atoms with van der Waals surface area (Å²) in [7, 11) is 5.70. The fraction of sp³-hybridized carbons (Fsp3) is 0.533. The molecule has 1 rings (SSSR count). The molecular weight excluding hydrogens is 238 g/mol. The lowest BCUT2D eigenvalue weighted by atomic mass is 10.1. The Labute approximate surface area is 116 Å². The highest BCUT2D eigenvalue weighted by atomic mass is 16.2. The third kappa shape index (κ3) is 4.16. The standard InChI is InChI=1S/C15H25N3O/c1-11(2)8-9-18(5)15(19)12-6-7-14(17(3)4)13(16)10-12/h6-7,10-11H,8-9,16H2,1-5H3. The summed E-state index contributed by atoms with van der Waals surface area (Å²) in [5, 5.41) is 0. The summed E-state index contributed by atoms with van der Waals surface area (Å²) in [5.41, 5.74) is 8.18. The molecule has 0 aromatic heterocycles. The number of hydrogen-bond acceptors (Lipinski definition) is 3. The van der Waals surface area contributed by atoms with Crippen molar-refractivity contribution in [1.29, 1.82) is 0 Å². The first-order valence-corrected chi connectivity index (χ1v) is 6.65. The predicted octanol–water partition coefficient (Wildman–Crippen LogP) is 2.45. The lowest BCUT2D eigenvalue weighted by molar-refractivity contribution is 0.0789. The van der Waals surface area contributed by atoms with Crippen molar-refractivity contribution in [2.75, 3.05) is 38.3 Å². The first-order valence-electron chi connectivity index (χ1n) is 6.65. The van der Waals surface area contributed by atoms with Crippen LogP contribution in [0.1, 0.15) is 30.6 Å². The molecule has 0 bridgehead atoms. The van der Waals surface area contributed by atoms with Crippen molar-refractivity contribution in [3.8, 4) is 0 Å². The van der Waals surface area contributed by atoms with Gasteiger partial charge in [0.25, 0.3) is 5.91 Å². The molecule has 19 heavy (non-hydrogen) atoms. The summed E-state index contributed by atoms with van der Waals surface area (Å²) in [5.74, 6) is 0.620. The molecule has 1 aromatic rings. The SMILES string of the molecule is CC(C)CCN(C)C(=O)c1ccc(N(C)C)c(N)c1. The van der Waals surface area contributed by atoms with Crippen LogP contribution in [0.2, 0.25) is 0 Å². The van der Waals surface area contributed by atoms with Crippen molar-refractivity contribution in [3.05, 3.63) is 23.8 Å². The molecule has 0 aliphatic rings. The highest BCUT2D eigenvalue weighted by Crippen LogP contribution is 2.23. The van der Waals surface area contributed by atoms with Crippen LogP contribution in [-0.4, -0.2) is 38.5 Å². The molecule has 0 atom stereocenters. The molecule has 0 radical (unpaired) electrons. The minimum absolute atomic E-state index is 0.0256. The number of nitrogens with zero attached hydrogens (tertiary/aromatic N) is 2. The average molecular weight is 263 g/mol. The van der Waals surface area contributed by atoms with Crippen LogP contribution in [0.4, 0.5) is 11.4 Å². The van der Waals surface area contributed by atoms with E-state index in [0.29, 0.717) is 17.2 Å². The van der Waals surface area contributed by atoms with Crippen LogP contribution < -0.4 is 10.6 Å². The Morgan fingerprint density at radius 3 is 2.37 bits per heavy atom. The predicted molar refractivity (Wildman–Crippen MR) is 81.6 cm³/mol. The zero-order chi connectivity index (χ0) is 14.6. The average Bonchev–Trinajstić information content (AvgIpc) is 2.34. The summed E-state index contributed by atoms with van der Waals surface area (Å²) in [6.45, 7) is 5.08. The van der Waals surface area contributed by atoms with Gasteiger partial charge in [0.05, 0.1) is 11.4 Å². The Morgan fingerprint density at radius 2 is 1.89 bits per heavy atom. The van der Waals surface area contributed by atoms with Gasteiger partial charge in [-0.3, -0.25) is 4.79 Å². The molecule has 0 saturated heterocycles. The van der Waals surface area contributed by atoms with Gasteiger partial charge in [-0.15, -0.1) is 0 Å². The lowest BCUT2D eigenvalue weighted by Crippen LogP contribution is -2.28. The van der Waals surface area contributed by atoms with Crippen molar-refractivity contribution < 1.29 is 4.79 Å². The molecule has 1 amide bonds. The number of anilines is 2. The van der Waals surface area contributed by atoms with E-state index in [1.54, 1.807) is 11.0 Å². The second-order valence-corrected chi connectivity index (χ2v) is 5.58. The van der Waals surface area contributed by atoms with Crippen LogP contribution in [0.5, 0.6) is 0 Å². The van der Waals surface area contributed by atoms with Gasteiger partial charge in [0.15, 0.2) is 0 Å². The maximum absolute atomic E-state index is 12.2. The second kappa shape index (κ2) is 6.45.